The largest absolute Gasteiger partial charge is 0.492 e. The van der Waals surface area contributed by atoms with Crippen molar-refractivity contribution >= 4 is 17.0 Å². The number of para-hydroxylation sites is 1. The Balaban J connectivity index is 1.87. The second kappa shape index (κ2) is 6.50. The molecular formula is C17H20N2O2S. The highest BCUT2D eigenvalue weighted by Crippen LogP contribution is 2.43. The number of oxime groups is 1. The van der Waals surface area contributed by atoms with Gasteiger partial charge in [-0.2, -0.15) is 0 Å². The number of ether oxygens (including phenoxy) is 1. The van der Waals surface area contributed by atoms with E-state index in [9.17, 15) is 5.21 Å². The maximum Gasteiger partial charge on any atom is 0.123 e. The summed E-state index contributed by atoms with van der Waals surface area (Å²) in [6, 6.07) is 10.3. The van der Waals surface area contributed by atoms with Crippen LogP contribution in [0, 0.1) is 0 Å². The number of likely N-dealkylation sites (N-methyl/N-ethyl adjacent to an activating group) is 1. The summed E-state index contributed by atoms with van der Waals surface area (Å²) in [7, 11) is 4.07. The minimum atomic E-state index is 0.211. The predicted octanol–water partition coefficient (Wildman–Crippen LogP) is 3.40. The Labute approximate surface area is 134 Å². The normalized spacial score (nSPS) is 18.9. The topological polar surface area (TPSA) is 45.1 Å². The molecule has 2 aromatic rings. The average Bonchev–Trinajstić information content (AvgIpc) is 3.09. The molecule has 116 valence electrons. The standard InChI is InChI=1S/C17H20N2O2S/c1-19(2)8-9-21-16-6-4-3-5-12(16)14-11-15(18-20)17-13(14)7-10-22-17/h3-7,10,14,20H,8-9,11H2,1-2H3. The first-order valence-corrected chi connectivity index (χ1v) is 8.24. The molecule has 1 heterocycles. The second-order valence-electron chi connectivity index (χ2n) is 5.70. The van der Waals surface area contributed by atoms with Gasteiger partial charge >= 0.3 is 0 Å². The lowest BCUT2D eigenvalue weighted by atomic mass is 9.93. The van der Waals surface area contributed by atoms with Gasteiger partial charge in [0, 0.05) is 24.4 Å². The van der Waals surface area contributed by atoms with Crippen LogP contribution >= 0.6 is 11.3 Å². The van der Waals surface area contributed by atoms with Gasteiger partial charge in [-0.15, -0.1) is 11.3 Å². The van der Waals surface area contributed by atoms with Crippen LogP contribution < -0.4 is 4.74 Å². The molecule has 0 fully saturated rings. The number of hydrogen-bond acceptors (Lipinski definition) is 5. The third-order valence-corrected chi connectivity index (χ3v) is 4.92. The number of nitrogens with zero attached hydrogens (tertiary/aromatic N) is 2. The predicted molar refractivity (Wildman–Crippen MR) is 89.6 cm³/mol. The average molecular weight is 316 g/mol. The van der Waals surface area contributed by atoms with E-state index in [-0.39, 0.29) is 5.92 Å². The third kappa shape index (κ3) is 2.87. The minimum Gasteiger partial charge on any atom is -0.492 e. The summed E-state index contributed by atoms with van der Waals surface area (Å²) in [5.74, 6) is 1.13. The molecule has 1 unspecified atom stereocenters. The van der Waals surface area contributed by atoms with Crippen molar-refractivity contribution < 1.29 is 9.94 Å². The fraction of sp³-hybridized carbons (Fsp3) is 0.353. The quantitative estimate of drug-likeness (QED) is 0.679. The lowest BCUT2D eigenvalue weighted by Gasteiger charge is -2.17. The van der Waals surface area contributed by atoms with Gasteiger partial charge in [0.05, 0.1) is 10.6 Å². The van der Waals surface area contributed by atoms with Crippen molar-refractivity contribution in [3.63, 3.8) is 0 Å². The summed E-state index contributed by atoms with van der Waals surface area (Å²) < 4.78 is 5.98. The smallest absolute Gasteiger partial charge is 0.123 e. The van der Waals surface area contributed by atoms with Crippen LogP contribution in [-0.4, -0.2) is 43.1 Å². The zero-order chi connectivity index (χ0) is 15.5. The van der Waals surface area contributed by atoms with Crippen molar-refractivity contribution in [1.82, 2.24) is 4.90 Å². The van der Waals surface area contributed by atoms with E-state index in [1.807, 2.05) is 32.3 Å². The molecule has 0 radical (unpaired) electrons. The minimum absolute atomic E-state index is 0.211. The highest BCUT2D eigenvalue weighted by atomic mass is 32.1. The summed E-state index contributed by atoms with van der Waals surface area (Å²) >= 11 is 1.63. The molecule has 0 amide bonds. The molecule has 0 saturated heterocycles. The molecule has 1 N–H and O–H groups in total. The maximum absolute atomic E-state index is 9.23. The van der Waals surface area contributed by atoms with E-state index in [4.69, 9.17) is 4.74 Å². The van der Waals surface area contributed by atoms with Crippen LogP contribution in [0.15, 0.2) is 40.9 Å². The Hall–Kier alpha value is -1.85. The van der Waals surface area contributed by atoms with E-state index in [0.29, 0.717) is 6.61 Å². The maximum atomic E-state index is 9.23. The molecule has 5 heteroatoms. The number of thiophene rings is 1. The van der Waals surface area contributed by atoms with E-state index in [2.05, 4.69) is 27.6 Å². The van der Waals surface area contributed by atoms with Crippen LogP contribution in [-0.2, 0) is 0 Å². The van der Waals surface area contributed by atoms with Crippen LogP contribution in [0.5, 0.6) is 5.75 Å². The van der Waals surface area contributed by atoms with Crippen molar-refractivity contribution in [3.8, 4) is 5.75 Å². The summed E-state index contributed by atoms with van der Waals surface area (Å²) in [4.78, 5) is 3.20. The number of rotatable bonds is 5. The van der Waals surface area contributed by atoms with Gasteiger partial charge in [-0.1, -0.05) is 23.4 Å². The second-order valence-corrected chi connectivity index (χ2v) is 6.61. The molecule has 1 atom stereocenters. The first-order valence-electron chi connectivity index (χ1n) is 7.36. The highest BCUT2D eigenvalue weighted by molar-refractivity contribution is 7.12. The highest BCUT2D eigenvalue weighted by Gasteiger charge is 2.32. The van der Waals surface area contributed by atoms with Gasteiger partial charge in [-0.25, -0.2) is 0 Å². The van der Waals surface area contributed by atoms with Crippen molar-refractivity contribution in [3.05, 3.63) is 51.7 Å². The number of hydrogen-bond donors (Lipinski definition) is 1. The van der Waals surface area contributed by atoms with E-state index < -0.39 is 0 Å². The summed E-state index contributed by atoms with van der Waals surface area (Å²) in [5, 5.41) is 14.8. The van der Waals surface area contributed by atoms with Crippen LogP contribution in [0.1, 0.15) is 28.3 Å². The van der Waals surface area contributed by atoms with Crippen LogP contribution in [0.25, 0.3) is 0 Å². The van der Waals surface area contributed by atoms with Gasteiger partial charge in [-0.3, -0.25) is 0 Å². The Morgan fingerprint density at radius 2 is 2.09 bits per heavy atom. The molecule has 1 aliphatic rings. The molecule has 0 spiro atoms. The van der Waals surface area contributed by atoms with E-state index >= 15 is 0 Å². The molecular weight excluding hydrogens is 296 g/mol. The summed E-state index contributed by atoms with van der Waals surface area (Å²) in [6.07, 6.45) is 0.729. The lowest BCUT2D eigenvalue weighted by molar-refractivity contribution is 0.259. The molecule has 0 bridgehead atoms. The lowest BCUT2D eigenvalue weighted by Crippen LogP contribution is -2.19. The Morgan fingerprint density at radius 1 is 1.27 bits per heavy atom. The molecule has 1 aromatic carbocycles. The van der Waals surface area contributed by atoms with Gasteiger partial charge in [0.15, 0.2) is 0 Å². The fourth-order valence-corrected chi connectivity index (χ4v) is 3.78. The zero-order valence-corrected chi connectivity index (χ0v) is 13.6. The first-order chi connectivity index (χ1) is 10.7. The number of benzene rings is 1. The van der Waals surface area contributed by atoms with Gasteiger partial charge in [0.25, 0.3) is 0 Å². The van der Waals surface area contributed by atoms with Crippen molar-refractivity contribution in [2.45, 2.75) is 12.3 Å². The zero-order valence-electron chi connectivity index (χ0n) is 12.8. The van der Waals surface area contributed by atoms with Gasteiger partial charge in [-0.05, 0) is 37.2 Å². The molecule has 3 rings (SSSR count). The first kappa shape index (κ1) is 15.1. The fourth-order valence-electron chi connectivity index (χ4n) is 2.83. The summed E-state index contributed by atoms with van der Waals surface area (Å²) in [6.45, 7) is 1.54. The number of fused-ring (bicyclic) bond motifs is 1. The summed E-state index contributed by atoms with van der Waals surface area (Å²) in [5.41, 5.74) is 3.18. The van der Waals surface area contributed by atoms with E-state index in [1.54, 1.807) is 11.3 Å². The molecule has 1 aliphatic carbocycles. The Bertz CT molecular complexity index is 679. The van der Waals surface area contributed by atoms with Gasteiger partial charge < -0.3 is 14.8 Å². The third-order valence-electron chi connectivity index (χ3n) is 3.94. The molecule has 0 saturated carbocycles. The van der Waals surface area contributed by atoms with Gasteiger partial charge in [0.2, 0.25) is 0 Å². The van der Waals surface area contributed by atoms with E-state index in [0.717, 1.165) is 29.3 Å². The Morgan fingerprint density at radius 3 is 2.86 bits per heavy atom. The van der Waals surface area contributed by atoms with Gasteiger partial charge in [0.1, 0.15) is 12.4 Å². The molecule has 4 nitrogen and oxygen atoms in total. The Kier molecular flexibility index (Phi) is 4.45. The molecule has 22 heavy (non-hydrogen) atoms. The van der Waals surface area contributed by atoms with Crippen LogP contribution in [0.3, 0.4) is 0 Å². The monoisotopic (exact) mass is 316 g/mol. The SMILES string of the molecule is CN(C)CCOc1ccccc1C1CC(=NO)c2sccc21. The molecule has 0 aliphatic heterocycles. The van der Waals surface area contributed by atoms with Crippen molar-refractivity contribution in [1.29, 1.82) is 0 Å². The van der Waals surface area contributed by atoms with Crippen LogP contribution in [0.2, 0.25) is 0 Å². The van der Waals surface area contributed by atoms with E-state index in [1.165, 1.54) is 11.1 Å². The van der Waals surface area contributed by atoms with Crippen LogP contribution in [0.4, 0.5) is 0 Å². The van der Waals surface area contributed by atoms with Crippen molar-refractivity contribution in [2.75, 3.05) is 27.2 Å². The molecule has 1 aromatic heterocycles. The van der Waals surface area contributed by atoms with Crippen molar-refractivity contribution in [2.24, 2.45) is 5.16 Å².